The highest BCUT2D eigenvalue weighted by Crippen LogP contribution is 2.11. The van der Waals surface area contributed by atoms with E-state index >= 15 is 0 Å². The third-order valence-electron chi connectivity index (χ3n) is 2.15. The summed E-state index contributed by atoms with van der Waals surface area (Å²) in [5.74, 6) is 0.200. The second-order valence-corrected chi connectivity index (χ2v) is 3.08. The maximum absolute atomic E-state index is 11.0. The Morgan fingerprint density at radius 1 is 1.46 bits per heavy atom. The van der Waals surface area contributed by atoms with Crippen LogP contribution in [0, 0.1) is 5.92 Å². The highest BCUT2D eigenvalue weighted by Gasteiger charge is 2.34. The minimum Gasteiger partial charge on any atom is -0.439 e. The molecule has 0 atom stereocenters. The van der Waals surface area contributed by atoms with Crippen LogP contribution < -0.4 is 5.32 Å². The van der Waals surface area contributed by atoms with Crippen LogP contribution in [0.3, 0.4) is 0 Å². The summed E-state index contributed by atoms with van der Waals surface area (Å²) in [5, 5.41) is 3.07. The number of rotatable bonds is 2. The number of nitrogens with zero attached hydrogens (tertiary/aromatic N) is 1. The summed E-state index contributed by atoms with van der Waals surface area (Å²) in [4.78, 5) is 23.1. The Hall–Kier alpha value is -0.810. The topological polar surface area (TPSA) is 58.6 Å². The molecule has 13 heavy (non-hydrogen) atoms. The lowest BCUT2D eigenvalue weighted by atomic mass is 10.0. The summed E-state index contributed by atoms with van der Waals surface area (Å²) in [5.41, 5.74) is 0. The number of carbonyl (C=O) groups excluding carboxylic acids is 2. The molecule has 0 aromatic heterocycles. The maximum Gasteiger partial charge on any atom is 0.417 e. The SMILES string of the molecule is Cl.O=C1COC(=O)N1CC1CNC1. The number of carbonyl (C=O) groups is 2. The first kappa shape index (κ1) is 10.3. The van der Waals surface area contributed by atoms with E-state index < -0.39 is 6.09 Å². The molecular weight excluding hydrogens is 196 g/mol. The van der Waals surface area contributed by atoms with Gasteiger partial charge in [0.15, 0.2) is 6.61 Å². The summed E-state index contributed by atoms with van der Waals surface area (Å²) in [6.45, 7) is 2.19. The fourth-order valence-electron chi connectivity index (χ4n) is 1.29. The Morgan fingerprint density at radius 2 is 2.15 bits per heavy atom. The molecule has 0 aliphatic carbocycles. The average Bonchev–Trinajstić information content (AvgIpc) is 2.25. The Labute approximate surface area is 81.8 Å². The number of hydrogen-bond donors (Lipinski definition) is 1. The lowest BCUT2D eigenvalue weighted by Gasteiger charge is -2.29. The fourth-order valence-corrected chi connectivity index (χ4v) is 1.29. The zero-order valence-corrected chi connectivity index (χ0v) is 7.80. The molecule has 0 bridgehead atoms. The molecule has 0 aromatic rings. The third-order valence-corrected chi connectivity index (χ3v) is 2.15. The lowest BCUT2D eigenvalue weighted by molar-refractivity contribution is -0.126. The molecule has 2 saturated heterocycles. The number of halogens is 1. The molecule has 2 amide bonds. The van der Waals surface area contributed by atoms with Crippen LogP contribution in [0.15, 0.2) is 0 Å². The molecule has 2 heterocycles. The monoisotopic (exact) mass is 206 g/mol. The van der Waals surface area contributed by atoms with Gasteiger partial charge in [0.2, 0.25) is 0 Å². The van der Waals surface area contributed by atoms with Crippen LogP contribution in [0.2, 0.25) is 0 Å². The van der Waals surface area contributed by atoms with Gasteiger partial charge in [0.1, 0.15) is 0 Å². The molecular formula is C7H11ClN2O3. The molecule has 2 aliphatic heterocycles. The van der Waals surface area contributed by atoms with E-state index in [1.165, 1.54) is 4.90 Å². The van der Waals surface area contributed by atoms with Crippen molar-refractivity contribution in [1.29, 1.82) is 0 Å². The molecule has 6 heteroatoms. The van der Waals surface area contributed by atoms with Gasteiger partial charge in [0.25, 0.3) is 5.91 Å². The van der Waals surface area contributed by atoms with Crippen LogP contribution in [0.5, 0.6) is 0 Å². The Balaban J connectivity index is 0.000000845. The number of cyclic esters (lactones) is 1. The smallest absolute Gasteiger partial charge is 0.417 e. The first-order valence-electron chi connectivity index (χ1n) is 3.95. The highest BCUT2D eigenvalue weighted by atomic mass is 35.5. The van der Waals surface area contributed by atoms with Gasteiger partial charge in [-0.2, -0.15) is 0 Å². The van der Waals surface area contributed by atoms with Crippen LogP contribution in [-0.4, -0.2) is 43.1 Å². The zero-order chi connectivity index (χ0) is 8.55. The van der Waals surface area contributed by atoms with Gasteiger partial charge in [-0.05, 0) is 0 Å². The van der Waals surface area contributed by atoms with E-state index in [-0.39, 0.29) is 24.9 Å². The van der Waals surface area contributed by atoms with E-state index in [0.29, 0.717) is 12.5 Å². The van der Waals surface area contributed by atoms with E-state index in [1.54, 1.807) is 0 Å². The number of imide groups is 1. The largest absolute Gasteiger partial charge is 0.439 e. The number of ether oxygens (including phenoxy) is 1. The van der Waals surface area contributed by atoms with E-state index in [2.05, 4.69) is 10.1 Å². The zero-order valence-electron chi connectivity index (χ0n) is 6.99. The highest BCUT2D eigenvalue weighted by molar-refractivity contribution is 5.97. The van der Waals surface area contributed by atoms with Crippen LogP contribution in [-0.2, 0) is 9.53 Å². The van der Waals surface area contributed by atoms with Crippen molar-refractivity contribution in [3.05, 3.63) is 0 Å². The molecule has 0 radical (unpaired) electrons. The molecule has 0 unspecified atom stereocenters. The fraction of sp³-hybridized carbons (Fsp3) is 0.714. The second kappa shape index (κ2) is 3.93. The third kappa shape index (κ3) is 1.92. The van der Waals surface area contributed by atoms with Gasteiger partial charge in [-0.15, -0.1) is 12.4 Å². The van der Waals surface area contributed by atoms with E-state index in [4.69, 9.17) is 0 Å². The first-order chi connectivity index (χ1) is 5.77. The van der Waals surface area contributed by atoms with Crippen molar-refractivity contribution in [1.82, 2.24) is 10.2 Å². The van der Waals surface area contributed by atoms with Gasteiger partial charge in [-0.1, -0.05) is 0 Å². The quantitative estimate of drug-likeness (QED) is 0.669. The van der Waals surface area contributed by atoms with Crippen LogP contribution >= 0.6 is 12.4 Å². The molecule has 2 aliphatic rings. The lowest BCUT2D eigenvalue weighted by Crippen LogP contribution is -2.49. The van der Waals surface area contributed by atoms with Crippen molar-refractivity contribution in [2.75, 3.05) is 26.2 Å². The Bertz CT molecular complexity index is 214. The van der Waals surface area contributed by atoms with Crippen molar-refractivity contribution in [2.24, 2.45) is 5.92 Å². The molecule has 5 nitrogen and oxygen atoms in total. The van der Waals surface area contributed by atoms with Gasteiger partial charge in [0.05, 0.1) is 0 Å². The predicted octanol–water partition coefficient (Wildman–Crippen LogP) is -0.394. The molecule has 0 spiro atoms. The Kier molecular flexibility index (Phi) is 3.11. The molecule has 74 valence electrons. The summed E-state index contributed by atoms with van der Waals surface area (Å²) >= 11 is 0. The molecule has 2 fully saturated rings. The Morgan fingerprint density at radius 3 is 2.54 bits per heavy atom. The second-order valence-electron chi connectivity index (χ2n) is 3.08. The van der Waals surface area contributed by atoms with Crippen molar-refractivity contribution >= 4 is 24.4 Å². The van der Waals surface area contributed by atoms with Crippen molar-refractivity contribution < 1.29 is 14.3 Å². The summed E-state index contributed by atoms with van der Waals surface area (Å²) < 4.78 is 4.56. The molecule has 2 rings (SSSR count). The standard InChI is InChI=1S/C7H10N2O3.ClH/c10-6-4-12-7(11)9(6)3-5-1-8-2-5;/h5,8H,1-4H2;1H. The van der Waals surface area contributed by atoms with Gasteiger partial charge in [-0.3, -0.25) is 4.79 Å². The first-order valence-corrected chi connectivity index (χ1v) is 3.95. The molecule has 1 N–H and O–H groups in total. The van der Waals surface area contributed by atoms with Crippen LogP contribution in [0.25, 0.3) is 0 Å². The predicted molar refractivity (Wildman–Crippen MR) is 46.7 cm³/mol. The number of nitrogens with one attached hydrogen (secondary N) is 1. The van der Waals surface area contributed by atoms with Crippen molar-refractivity contribution in [2.45, 2.75) is 0 Å². The van der Waals surface area contributed by atoms with Crippen molar-refractivity contribution in [3.63, 3.8) is 0 Å². The summed E-state index contributed by atoms with van der Waals surface area (Å²) in [6, 6.07) is 0. The minimum absolute atomic E-state index is 0. The number of amides is 2. The van der Waals surface area contributed by atoms with Gasteiger partial charge in [0, 0.05) is 25.6 Å². The van der Waals surface area contributed by atoms with Gasteiger partial charge >= 0.3 is 6.09 Å². The van der Waals surface area contributed by atoms with E-state index in [9.17, 15) is 9.59 Å². The van der Waals surface area contributed by atoms with E-state index in [1.807, 2.05) is 0 Å². The number of hydrogen-bond acceptors (Lipinski definition) is 4. The van der Waals surface area contributed by atoms with Crippen molar-refractivity contribution in [3.8, 4) is 0 Å². The molecule has 0 saturated carbocycles. The van der Waals surface area contributed by atoms with Gasteiger partial charge in [-0.25, -0.2) is 9.69 Å². The normalized spacial score (nSPS) is 22.3. The summed E-state index contributed by atoms with van der Waals surface area (Å²) in [6.07, 6.45) is -0.494. The summed E-state index contributed by atoms with van der Waals surface area (Å²) in [7, 11) is 0. The van der Waals surface area contributed by atoms with E-state index in [0.717, 1.165) is 13.1 Å². The maximum atomic E-state index is 11.0. The van der Waals surface area contributed by atoms with Crippen LogP contribution in [0.4, 0.5) is 4.79 Å². The van der Waals surface area contributed by atoms with Crippen LogP contribution in [0.1, 0.15) is 0 Å². The average molecular weight is 207 g/mol. The molecule has 0 aromatic carbocycles. The van der Waals surface area contributed by atoms with Gasteiger partial charge < -0.3 is 10.1 Å². The minimum atomic E-state index is -0.494.